The monoisotopic (exact) mass is 378 g/mol. The summed E-state index contributed by atoms with van der Waals surface area (Å²) in [5, 5.41) is 11.9. The third-order valence-electron chi connectivity index (χ3n) is 4.69. The summed E-state index contributed by atoms with van der Waals surface area (Å²) in [4.78, 5) is 12.9. The van der Waals surface area contributed by atoms with Crippen molar-refractivity contribution >= 4 is 21.7 Å². The zero-order valence-electron chi connectivity index (χ0n) is 15.6. The molecule has 6 nitrogen and oxygen atoms in total. The van der Waals surface area contributed by atoms with Gasteiger partial charge in [-0.25, -0.2) is 0 Å². The molecule has 0 radical (unpaired) electrons. The lowest BCUT2D eigenvalue weighted by Crippen LogP contribution is -2.03. The Kier molecular flexibility index (Phi) is 4.31. The van der Waals surface area contributed by atoms with Gasteiger partial charge in [-0.05, 0) is 18.2 Å². The summed E-state index contributed by atoms with van der Waals surface area (Å²) in [6.45, 7) is 0. The van der Waals surface area contributed by atoms with E-state index in [0.29, 0.717) is 39.3 Å². The Morgan fingerprint density at radius 1 is 0.857 bits per heavy atom. The van der Waals surface area contributed by atoms with E-state index in [1.165, 1.54) is 20.3 Å². The Labute approximate surface area is 160 Å². The van der Waals surface area contributed by atoms with Gasteiger partial charge >= 0.3 is 0 Å². The molecule has 0 aliphatic rings. The standard InChI is InChI=1S/C22H18O6/c1-25-16-9-8-12(10-18(16)26-2)17-11-15(23)19-20(24)13-6-4-5-7-14(13)21(27-3)22(19)28-17/h4-11,24H,1-3H3. The second kappa shape index (κ2) is 6.81. The number of fused-ring (bicyclic) bond motifs is 2. The molecule has 1 heterocycles. The molecule has 0 amide bonds. The maximum atomic E-state index is 12.9. The van der Waals surface area contributed by atoms with Crippen molar-refractivity contribution in [3.8, 4) is 34.3 Å². The van der Waals surface area contributed by atoms with Gasteiger partial charge in [0.05, 0.1) is 21.3 Å². The van der Waals surface area contributed by atoms with Gasteiger partial charge in [-0.1, -0.05) is 24.3 Å². The lowest BCUT2D eigenvalue weighted by atomic mass is 10.0. The van der Waals surface area contributed by atoms with Gasteiger partial charge in [0.2, 0.25) is 0 Å². The topological polar surface area (TPSA) is 78.1 Å². The molecule has 0 aliphatic heterocycles. The predicted molar refractivity (Wildman–Crippen MR) is 107 cm³/mol. The molecule has 0 bridgehead atoms. The lowest BCUT2D eigenvalue weighted by molar-refractivity contribution is 0.355. The normalized spacial score (nSPS) is 11.0. The van der Waals surface area contributed by atoms with Crippen LogP contribution >= 0.6 is 0 Å². The summed E-state index contributed by atoms with van der Waals surface area (Å²) in [5.41, 5.74) is 0.454. The first-order valence-corrected chi connectivity index (χ1v) is 8.57. The Bertz CT molecular complexity index is 1260. The van der Waals surface area contributed by atoms with Gasteiger partial charge in [0, 0.05) is 22.4 Å². The van der Waals surface area contributed by atoms with Crippen molar-refractivity contribution in [1.29, 1.82) is 0 Å². The highest BCUT2D eigenvalue weighted by Gasteiger charge is 2.20. The van der Waals surface area contributed by atoms with Crippen molar-refractivity contribution in [3.63, 3.8) is 0 Å². The lowest BCUT2D eigenvalue weighted by Gasteiger charge is -2.13. The van der Waals surface area contributed by atoms with Crippen molar-refractivity contribution in [2.24, 2.45) is 0 Å². The quantitative estimate of drug-likeness (QED) is 0.532. The number of benzene rings is 3. The predicted octanol–water partition coefficient (Wildman–Crippen LogP) is 4.34. The molecule has 0 saturated carbocycles. The van der Waals surface area contributed by atoms with E-state index in [-0.39, 0.29) is 22.1 Å². The fraction of sp³-hybridized carbons (Fsp3) is 0.136. The van der Waals surface area contributed by atoms with E-state index in [1.807, 2.05) is 6.07 Å². The van der Waals surface area contributed by atoms with Gasteiger partial charge in [-0.2, -0.15) is 0 Å². The number of rotatable bonds is 4. The van der Waals surface area contributed by atoms with Crippen LogP contribution in [0.5, 0.6) is 23.0 Å². The van der Waals surface area contributed by atoms with Gasteiger partial charge < -0.3 is 23.7 Å². The highest BCUT2D eigenvalue weighted by molar-refractivity contribution is 6.08. The SMILES string of the molecule is COc1ccc(-c2cc(=O)c3c(O)c4ccccc4c(OC)c3o2)cc1OC. The molecule has 4 rings (SSSR count). The molecule has 0 aliphatic carbocycles. The molecule has 0 fully saturated rings. The fourth-order valence-electron chi connectivity index (χ4n) is 3.36. The minimum absolute atomic E-state index is 0.0831. The summed E-state index contributed by atoms with van der Waals surface area (Å²) >= 11 is 0. The van der Waals surface area contributed by atoms with Crippen molar-refractivity contribution in [3.05, 3.63) is 58.8 Å². The Morgan fingerprint density at radius 2 is 1.57 bits per heavy atom. The van der Waals surface area contributed by atoms with Crippen molar-refractivity contribution in [2.45, 2.75) is 0 Å². The van der Waals surface area contributed by atoms with E-state index in [1.54, 1.807) is 43.5 Å². The zero-order chi connectivity index (χ0) is 19.8. The van der Waals surface area contributed by atoms with Crippen LogP contribution in [0.2, 0.25) is 0 Å². The minimum atomic E-state index is -0.368. The molecule has 0 unspecified atom stereocenters. The molecule has 0 saturated heterocycles. The molecule has 4 aromatic rings. The summed E-state index contributed by atoms with van der Waals surface area (Å²) in [5.74, 6) is 1.67. The number of ether oxygens (including phenoxy) is 3. The second-order valence-electron chi connectivity index (χ2n) is 6.18. The molecule has 28 heavy (non-hydrogen) atoms. The highest BCUT2D eigenvalue weighted by atomic mass is 16.5. The minimum Gasteiger partial charge on any atom is -0.506 e. The molecular formula is C22H18O6. The second-order valence-corrected chi connectivity index (χ2v) is 6.18. The molecule has 0 spiro atoms. The first-order chi connectivity index (χ1) is 13.6. The van der Waals surface area contributed by atoms with E-state index >= 15 is 0 Å². The smallest absolute Gasteiger partial charge is 0.197 e. The highest BCUT2D eigenvalue weighted by Crippen LogP contribution is 2.42. The number of methoxy groups -OCH3 is 3. The van der Waals surface area contributed by atoms with Crippen LogP contribution in [-0.2, 0) is 0 Å². The van der Waals surface area contributed by atoms with Crippen LogP contribution < -0.4 is 19.6 Å². The van der Waals surface area contributed by atoms with E-state index in [2.05, 4.69) is 0 Å². The van der Waals surface area contributed by atoms with Crippen LogP contribution in [0.25, 0.3) is 33.1 Å². The van der Waals surface area contributed by atoms with E-state index in [9.17, 15) is 9.90 Å². The zero-order valence-corrected chi connectivity index (χ0v) is 15.6. The molecule has 142 valence electrons. The number of phenols is 1. The Morgan fingerprint density at radius 3 is 2.25 bits per heavy atom. The molecule has 6 heteroatoms. The molecular weight excluding hydrogens is 360 g/mol. The van der Waals surface area contributed by atoms with E-state index in [4.69, 9.17) is 18.6 Å². The van der Waals surface area contributed by atoms with Gasteiger partial charge in [-0.15, -0.1) is 0 Å². The van der Waals surface area contributed by atoms with Crippen LogP contribution in [0.15, 0.2) is 57.7 Å². The Balaban J connectivity index is 2.06. The number of aromatic hydroxyl groups is 1. The fourth-order valence-corrected chi connectivity index (χ4v) is 3.36. The maximum Gasteiger partial charge on any atom is 0.197 e. The maximum absolute atomic E-state index is 12.9. The molecule has 3 aromatic carbocycles. The van der Waals surface area contributed by atoms with Crippen LogP contribution in [0.3, 0.4) is 0 Å². The van der Waals surface area contributed by atoms with Crippen LogP contribution in [0.1, 0.15) is 0 Å². The van der Waals surface area contributed by atoms with Crippen LogP contribution in [0, 0.1) is 0 Å². The average Bonchev–Trinajstić information content (AvgIpc) is 2.73. The van der Waals surface area contributed by atoms with E-state index in [0.717, 1.165) is 0 Å². The molecule has 1 aromatic heterocycles. The summed E-state index contributed by atoms with van der Waals surface area (Å²) < 4.78 is 22.1. The van der Waals surface area contributed by atoms with Gasteiger partial charge in [0.15, 0.2) is 28.3 Å². The first-order valence-electron chi connectivity index (χ1n) is 8.57. The summed E-state index contributed by atoms with van der Waals surface area (Å²) in [7, 11) is 4.58. The van der Waals surface area contributed by atoms with Gasteiger partial charge in [-0.3, -0.25) is 4.79 Å². The number of hydrogen-bond acceptors (Lipinski definition) is 6. The van der Waals surface area contributed by atoms with Crippen molar-refractivity contribution in [2.75, 3.05) is 21.3 Å². The molecule has 0 atom stereocenters. The number of hydrogen-bond donors (Lipinski definition) is 1. The van der Waals surface area contributed by atoms with Gasteiger partial charge in [0.25, 0.3) is 0 Å². The van der Waals surface area contributed by atoms with Gasteiger partial charge in [0.1, 0.15) is 16.9 Å². The van der Waals surface area contributed by atoms with Crippen molar-refractivity contribution < 1.29 is 23.7 Å². The third kappa shape index (κ3) is 2.62. The van der Waals surface area contributed by atoms with Crippen LogP contribution in [-0.4, -0.2) is 26.4 Å². The Hall–Kier alpha value is -3.67. The molecule has 1 N–H and O–H groups in total. The van der Waals surface area contributed by atoms with E-state index < -0.39 is 0 Å². The summed E-state index contributed by atoms with van der Waals surface area (Å²) in [6.07, 6.45) is 0. The summed E-state index contributed by atoms with van der Waals surface area (Å²) in [6, 6.07) is 13.7. The largest absolute Gasteiger partial charge is 0.506 e. The first kappa shape index (κ1) is 17.7. The van der Waals surface area contributed by atoms with Crippen LogP contribution in [0.4, 0.5) is 0 Å². The third-order valence-corrected chi connectivity index (χ3v) is 4.69. The average molecular weight is 378 g/mol. The number of phenolic OH excluding ortho intramolecular Hbond substituents is 1. The van der Waals surface area contributed by atoms with Crippen molar-refractivity contribution in [1.82, 2.24) is 0 Å².